The van der Waals surface area contributed by atoms with Gasteiger partial charge in [-0.25, -0.2) is 0 Å². The van der Waals surface area contributed by atoms with Gasteiger partial charge < -0.3 is 4.74 Å². The summed E-state index contributed by atoms with van der Waals surface area (Å²) in [5.41, 5.74) is 0. The maximum absolute atomic E-state index is 10.2. The van der Waals surface area contributed by atoms with Crippen molar-refractivity contribution in [2.75, 3.05) is 0 Å². The zero-order valence-corrected chi connectivity index (χ0v) is 8.07. The van der Waals surface area contributed by atoms with Gasteiger partial charge in [-0.15, -0.1) is 0 Å². The highest BCUT2D eigenvalue weighted by molar-refractivity contribution is 5.49. The van der Waals surface area contributed by atoms with Crippen molar-refractivity contribution in [1.82, 2.24) is 0 Å². The van der Waals surface area contributed by atoms with E-state index in [4.69, 9.17) is 4.74 Å². The van der Waals surface area contributed by atoms with Crippen LogP contribution in [0, 0.1) is 0 Å². The van der Waals surface area contributed by atoms with E-state index < -0.39 is 0 Å². The summed E-state index contributed by atoms with van der Waals surface area (Å²) in [7, 11) is 0. The maximum atomic E-state index is 10.2. The molecule has 0 aliphatic rings. The van der Waals surface area contributed by atoms with Crippen molar-refractivity contribution < 1.29 is 9.53 Å². The van der Waals surface area contributed by atoms with Crippen LogP contribution in [0.5, 0.6) is 5.75 Å². The third-order valence-electron chi connectivity index (χ3n) is 1.79. The molecule has 0 radical (unpaired) electrons. The standard InChI is InChI=1S/C12H12O2/c1-3-4-7-11-10(2)6-5-8-12(11)14-9-13/h3-9H,2H2,1H3/b4-3-,11-7+. The van der Waals surface area contributed by atoms with E-state index in [0.29, 0.717) is 12.2 Å². The summed E-state index contributed by atoms with van der Waals surface area (Å²) in [6.45, 7) is 6.19. The van der Waals surface area contributed by atoms with E-state index in [1.54, 1.807) is 12.1 Å². The Balaban J connectivity index is 3.36. The van der Waals surface area contributed by atoms with Crippen LogP contribution in [-0.2, 0) is 4.79 Å². The Hall–Kier alpha value is -1.83. The number of carbonyl (C=O) groups is 1. The minimum atomic E-state index is 0.418. The highest BCUT2D eigenvalue weighted by Crippen LogP contribution is 1.97. The van der Waals surface area contributed by atoms with Gasteiger partial charge in [0.05, 0.1) is 0 Å². The first-order valence-corrected chi connectivity index (χ1v) is 4.31. The molecule has 0 amide bonds. The lowest BCUT2D eigenvalue weighted by molar-refractivity contribution is -0.120. The van der Waals surface area contributed by atoms with E-state index in [9.17, 15) is 4.79 Å². The number of allylic oxidation sites excluding steroid dienone is 2. The van der Waals surface area contributed by atoms with Crippen LogP contribution in [-0.4, -0.2) is 6.47 Å². The largest absolute Gasteiger partial charge is 0.428 e. The number of carbonyl (C=O) groups excluding carboxylic acids is 1. The van der Waals surface area contributed by atoms with Gasteiger partial charge in [0.15, 0.2) is 0 Å². The molecule has 0 saturated heterocycles. The fourth-order valence-electron chi connectivity index (χ4n) is 1.13. The number of rotatable bonds is 3. The predicted molar refractivity (Wildman–Crippen MR) is 57.2 cm³/mol. The second-order valence-electron chi connectivity index (χ2n) is 2.74. The molecular weight excluding hydrogens is 176 g/mol. The van der Waals surface area contributed by atoms with Gasteiger partial charge in [-0.1, -0.05) is 36.9 Å². The summed E-state index contributed by atoms with van der Waals surface area (Å²) in [4.78, 5) is 10.2. The minimum absolute atomic E-state index is 0.418. The van der Waals surface area contributed by atoms with Gasteiger partial charge in [-0.3, -0.25) is 4.79 Å². The second-order valence-corrected chi connectivity index (χ2v) is 2.74. The van der Waals surface area contributed by atoms with Crippen molar-refractivity contribution in [3.05, 3.63) is 40.8 Å². The van der Waals surface area contributed by atoms with E-state index in [1.807, 2.05) is 31.2 Å². The van der Waals surface area contributed by atoms with Gasteiger partial charge >= 0.3 is 0 Å². The monoisotopic (exact) mass is 188 g/mol. The molecule has 0 N–H and O–H groups in total. The van der Waals surface area contributed by atoms with E-state index >= 15 is 0 Å². The van der Waals surface area contributed by atoms with Crippen molar-refractivity contribution in [2.24, 2.45) is 0 Å². The zero-order valence-electron chi connectivity index (χ0n) is 8.07. The molecule has 0 fully saturated rings. The summed E-state index contributed by atoms with van der Waals surface area (Å²) in [6.07, 6.45) is 5.64. The number of hydrogen-bond donors (Lipinski definition) is 0. The lowest BCUT2D eigenvalue weighted by Gasteiger charge is -1.98. The lowest BCUT2D eigenvalue weighted by Crippen LogP contribution is -2.24. The Morgan fingerprint density at radius 1 is 1.43 bits per heavy atom. The molecule has 72 valence electrons. The molecule has 0 heterocycles. The smallest absolute Gasteiger partial charge is 0.298 e. The molecule has 0 aliphatic carbocycles. The quantitative estimate of drug-likeness (QED) is 0.661. The van der Waals surface area contributed by atoms with Crippen LogP contribution in [0.25, 0.3) is 12.7 Å². The Bertz CT molecular complexity index is 444. The molecule has 1 rings (SSSR count). The molecule has 0 aromatic heterocycles. The SMILES string of the molecule is C=c1cccc(OC=O)/c1=C/C=C\C. The average molecular weight is 188 g/mol. The van der Waals surface area contributed by atoms with Crippen molar-refractivity contribution in [3.63, 3.8) is 0 Å². The van der Waals surface area contributed by atoms with E-state index in [0.717, 1.165) is 10.4 Å². The molecule has 0 spiro atoms. The molecule has 0 bridgehead atoms. The third kappa shape index (κ3) is 2.33. The highest BCUT2D eigenvalue weighted by Gasteiger charge is 1.94. The van der Waals surface area contributed by atoms with Crippen LogP contribution in [0.15, 0.2) is 30.4 Å². The molecule has 2 heteroatoms. The van der Waals surface area contributed by atoms with Crippen LogP contribution >= 0.6 is 0 Å². The minimum Gasteiger partial charge on any atom is -0.428 e. The van der Waals surface area contributed by atoms with Gasteiger partial charge in [0.25, 0.3) is 6.47 Å². The number of ether oxygens (including phenoxy) is 1. The lowest BCUT2D eigenvalue weighted by atomic mass is 10.2. The van der Waals surface area contributed by atoms with Crippen molar-refractivity contribution >= 4 is 19.1 Å². The first-order valence-electron chi connectivity index (χ1n) is 4.31. The molecular formula is C12H12O2. The van der Waals surface area contributed by atoms with Crippen molar-refractivity contribution in [1.29, 1.82) is 0 Å². The zero-order chi connectivity index (χ0) is 10.4. The first kappa shape index (κ1) is 10.3. The van der Waals surface area contributed by atoms with Gasteiger partial charge in [0, 0.05) is 5.22 Å². The summed E-state index contributed by atoms with van der Waals surface area (Å²) in [5.74, 6) is 0.533. The average Bonchev–Trinajstić information content (AvgIpc) is 2.18. The topological polar surface area (TPSA) is 26.3 Å². The van der Waals surface area contributed by atoms with Crippen LogP contribution in [0.4, 0.5) is 0 Å². The fourth-order valence-corrected chi connectivity index (χ4v) is 1.13. The number of hydrogen-bond acceptors (Lipinski definition) is 2. The Morgan fingerprint density at radius 3 is 2.86 bits per heavy atom. The van der Waals surface area contributed by atoms with Crippen LogP contribution in [0.2, 0.25) is 0 Å². The van der Waals surface area contributed by atoms with E-state index in [2.05, 4.69) is 6.58 Å². The van der Waals surface area contributed by atoms with Gasteiger partial charge in [0.2, 0.25) is 0 Å². The van der Waals surface area contributed by atoms with E-state index in [1.165, 1.54) is 0 Å². The van der Waals surface area contributed by atoms with Gasteiger partial charge in [-0.05, 0) is 18.2 Å². The van der Waals surface area contributed by atoms with Gasteiger partial charge in [0.1, 0.15) is 5.75 Å². The molecule has 0 atom stereocenters. The molecule has 2 nitrogen and oxygen atoms in total. The Kier molecular flexibility index (Phi) is 3.68. The summed E-state index contributed by atoms with van der Waals surface area (Å²) < 4.78 is 4.83. The molecule has 0 saturated carbocycles. The third-order valence-corrected chi connectivity index (χ3v) is 1.79. The Labute approximate surface area is 82.8 Å². The molecule has 1 aromatic rings. The maximum Gasteiger partial charge on any atom is 0.298 e. The summed E-state index contributed by atoms with van der Waals surface area (Å²) in [6, 6.07) is 5.40. The summed E-state index contributed by atoms with van der Waals surface area (Å²) in [5, 5.41) is 1.67. The highest BCUT2D eigenvalue weighted by atomic mass is 16.5. The molecule has 0 unspecified atom stereocenters. The van der Waals surface area contributed by atoms with Crippen molar-refractivity contribution in [3.8, 4) is 5.75 Å². The van der Waals surface area contributed by atoms with Crippen LogP contribution < -0.4 is 15.2 Å². The predicted octanol–water partition coefficient (Wildman–Crippen LogP) is 0.989. The van der Waals surface area contributed by atoms with Gasteiger partial charge in [-0.2, -0.15) is 0 Å². The first-order chi connectivity index (χ1) is 6.79. The van der Waals surface area contributed by atoms with E-state index in [-0.39, 0.29) is 0 Å². The number of benzene rings is 1. The van der Waals surface area contributed by atoms with Crippen LogP contribution in [0.3, 0.4) is 0 Å². The fraction of sp³-hybridized carbons (Fsp3) is 0.0833. The molecule has 0 aliphatic heterocycles. The van der Waals surface area contributed by atoms with Crippen molar-refractivity contribution in [2.45, 2.75) is 6.92 Å². The second kappa shape index (κ2) is 5.02. The summed E-state index contributed by atoms with van der Waals surface area (Å²) >= 11 is 0. The molecule has 14 heavy (non-hydrogen) atoms. The van der Waals surface area contributed by atoms with Crippen LogP contribution in [0.1, 0.15) is 6.92 Å². The normalized spacial score (nSPS) is 11.9. The Morgan fingerprint density at radius 2 is 2.21 bits per heavy atom. The molecule has 1 aromatic carbocycles.